The molecule has 1 aromatic heterocycles. The van der Waals surface area contributed by atoms with Crippen LogP contribution in [0.25, 0.3) is 0 Å². The van der Waals surface area contributed by atoms with Gasteiger partial charge in [-0.1, -0.05) is 43.1 Å². The van der Waals surface area contributed by atoms with E-state index in [9.17, 15) is 10.4 Å². The van der Waals surface area contributed by atoms with Crippen molar-refractivity contribution in [2.45, 2.75) is 51.7 Å². The maximum atomic E-state index is 10.2. The number of aliphatic hydroxyl groups excluding tert-OH is 1. The lowest BCUT2D eigenvalue weighted by molar-refractivity contribution is 0.00926. The summed E-state index contributed by atoms with van der Waals surface area (Å²) in [5, 5.41) is 27.2. The molecule has 0 aliphatic heterocycles. The third-order valence-electron chi connectivity index (χ3n) is 5.39. The lowest BCUT2D eigenvalue weighted by atomic mass is 9.73. The van der Waals surface area contributed by atoms with Crippen molar-refractivity contribution in [1.82, 2.24) is 9.97 Å². The number of halogens is 2. The van der Waals surface area contributed by atoms with Crippen molar-refractivity contribution in [3.05, 3.63) is 45.6 Å². The van der Waals surface area contributed by atoms with Crippen LogP contribution in [0.1, 0.15) is 44.2 Å². The number of benzene rings is 1. The Balaban J connectivity index is 1.64. The largest absolute Gasteiger partial charge is 0.393 e. The van der Waals surface area contributed by atoms with Gasteiger partial charge in [0.15, 0.2) is 0 Å². The van der Waals surface area contributed by atoms with Gasteiger partial charge in [-0.05, 0) is 48.8 Å². The maximum absolute atomic E-state index is 10.2. The van der Waals surface area contributed by atoms with Gasteiger partial charge in [0.1, 0.15) is 17.5 Å². The SMILES string of the molecule is CC1(C)C[C@H](Nc2nc(NCCc3ccc(Cl)c(Cl)c3)ncc2C#N)CC[C@@H]1O. The highest BCUT2D eigenvalue weighted by atomic mass is 35.5. The molecule has 1 aliphatic rings. The second-order valence-corrected chi connectivity index (χ2v) is 8.93. The molecule has 6 nitrogen and oxygen atoms in total. The molecule has 1 aromatic carbocycles. The molecule has 29 heavy (non-hydrogen) atoms. The predicted molar refractivity (Wildman–Crippen MR) is 116 cm³/mol. The maximum Gasteiger partial charge on any atom is 0.224 e. The Bertz CT molecular complexity index is 912. The number of rotatable bonds is 6. The van der Waals surface area contributed by atoms with E-state index >= 15 is 0 Å². The number of nitrogens with zero attached hydrogens (tertiary/aromatic N) is 3. The monoisotopic (exact) mass is 433 g/mol. The van der Waals surface area contributed by atoms with Gasteiger partial charge < -0.3 is 15.7 Å². The van der Waals surface area contributed by atoms with E-state index in [2.05, 4.69) is 40.5 Å². The van der Waals surface area contributed by atoms with E-state index < -0.39 is 0 Å². The van der Waals surface area contributed by atoms with Crippen molar-refractivity contribution in [2.24, 2.45) is 5.41 Å². The summed E-state index contributed by atoms with van der Waals surface area (Å²) in [6.45, 7) is 4.74. The van der Waals surface area contributed by atoms with E-state index in [-0.39, 0.29) is 17.6 Å². The van der Waals surface area contributed by atoms with Gasteiger partial charge in [-0.15, -0.1) is 0 Å². The summed E-state index contributed by atoms with van der Waals surface area (Å²) in [6.07, 6.45) is 4.33. The molecular weight excluding hydrogens is 409 g/mol. The van der Waals surface area contributed by atoms with Crippen LogP contribution in [0.15, 0.2) is 24.4 Å². The molecule has 3 N–H and O–H groups in total. The van der Waals surface area contributed by atoms with E-state index in [1.54, 1.807) is 6.07 Å². The van der Waals surface area contributed by atoms with Gasteiger partial charge in [0.05, 0.1) is 22.3 Å². The van der Waals surface area contributed by atoms with Gasteiger partial charge in [-0.25, -0.2) is 4.98 Å². The van der Waals surface area contributed by atoms with E-state index in [1.165, 1.54) is 6.20 Å². The molecule has 0 spiro atoms. The smallest absolute Gasteiger partial charge is 0.224 e. The molecule has 1 saturated carbocycles. The summed E-state index contributed by atoms with van der Waals surface area (Å²) < 4.78 is 0. The van der Waals surface area contributed by atoms with Gasteiger partial charge in [0.2, 0.25) is 5.95 Å². The highest BCUT2D eigenvalue weighted by molar-refractivity contribution is 6.42. The van der Waals surface area contributed by atoms with Gasteiger partial charge in [0.25, 0.3) is 0 Å². The average molecular weight is 434 g/mol. The minimum Gasteiger partial charge on any atom is -0.393 e. The van der Waals surface area contributed by atoms with E-state index in [1.807, 2.05) is 12.1 Å². The summed E-state index contributed by atoms with van der Waals surface area (Å²) in [6, 6.07) is 7.85. The normalized spacial score (nSPS) is 20.7. The van der Waals surface area contributed by atoms with Crippen molar-refractivity contribution in [1.29, 1.82) is 5.26 Å². The number of nitriles is 1. The van der Waals surface area contributed by atoms with Crippen LogP contribution in [0.3, 0.4) is 0 Å². The van der Waals surface area contributed by atoms with Crippen molar-refractivity contribution >= 4 is 35.0 Å². The second kappa shape index (κ2) is 9.17. The molecule has 1 fully saturated rings. The van der Waals surface area contributed by atoms with E-state index in [0.717, 1.165) is 31.2 Å². The molecule has 1 aliphatic carbocycles. The quantitative estimate of drug-likeness (QED) is 0.612. The second-order valence-electron chi connectivity index (χ2n) is 8.12. The summed E-state index contributed by atoms with van der Waals surface area (Å²) in [4.78, 5) is 8.74. The fourth-order valence-corrected chi connectivity index (χ4v) is 3.93. The van der Waals surface area contributed by atoms with Crippen molar-refractivity contribution < 1.29 is 5.11 Å². The minimum atomic E-state index is -0.306. The van der Waals surface area contributed by atoms with Crippen LogP contribution in [0.4, 0.5) is 11.8 Å². The fraction of sp³-hybridized carbons (Fsp3) is 0.476. The number of anilines is 2. The van der Waals surface area contributed by atoms with Crippen molar-refractivity contribution in [3.8, 4) is 6.07 Å². The lowest BCUT2D eigenvalue weighted by Crippen LogP contribution is -2.41. The van der Waals surface area contributed by atoms with Gasteiger partial charge in [-0.3, -0.25) is 0 Å². The standard InChI is InChI=1S/C21H25Cl2N5O/c1-21(2)10-15(4-6-18(21)29)27-19-14(11-24)12-26-20(28-19)25-8-7-13-3-5-16(22)17(23)9-13/h3,5,9,12,15,18,29H,4,6-8,10H2,1-2H3,(H2,25,26,27,28)/t15-,18+/m1/s1. The summed E-state index contributed by atoms with van der Waals surface area (Å²) >= 11 is 12.0. The zero-order valence-electron chi connectivity index (χ0n) is 16.5. The molecule has 3 rings (SSSR count). The number of aliphatic hydroxyl groups is 1. The first kappa shape index (κ1) is 21.6. The summed E-state index contributed by atoms with van der Waals surface area (Å²) in [7, 11) is 0. The van der Waals surface area contributed by atoms with Crippen LogP contribution in [0.5, 0.6) is 0 Å². The average Bonchev–Trinajstić information content (AvgIpc) is 2.67. The highest BCUT2D eigenvalue weighted by Gasteiger charge is 2.35. The Morgan fingerprint density at radius 3 is 2.76 bits per heavy atom. The van der Waals surface area contributed by atoms with Gasteiger partial charge in [-0.2, -0.15) is 10.2 Å². The molecule has 2 atom stereocenters. The van der Waals surface area contributed by atoms with Crippen molar-refractivity contribution in [2.75, 3.05) is 17.2 Å². The third kappa shape index (κ3) is 5.51. The van der Waals surface area contributed by atoms with E-state index in [4.69, 9.17) is 23.2 Å². The molecular formula is C21H25Cl2N5O. The lowest BCUT2D eigenvalue weighted by Gasteiger charge is -2.40. The minimum absolute atomic E-state index is 0.152. The summed E-state index contributed by atoms with van der Waals surface area (Å²) in [5.41, 5.74) is 1.29. The molecule has 0 saturated heterocycles. The van der Waals surface area contributed by atoms with Crippen LogP contribution in [0.2, 0.25) is 10.0 Å². The Morgan fingerprint density at radius 1 is 1.28 bits per heavy atom. The molecule has 0 radical (unpaired) electrons. The van der Waals surface area contributed by atoms with Crippen LogP contribution < -0.4 is 10.6 Å². The Hall–Kier alpha value is -2.07. The zero-order chi connectivity index (χ0) is 21.0. The molecule has 1 heterocycles. The first-order valence-electron chi connectivity index (χ1n) is 9.68. The Labute approximate surface area is 181 Å². The number of hydrogen-bond acceptors (Lipinski definition) is 6. The Morgan fingerprint density at radius 2 is 2.07 bits per heavy atom. The van der Waals surface area contributed by atoms with E-state index in [0.29, 0.717) is 33.9 Å². The number of nitrogens with one attached hydrogen (secondary N) is 2. The predicted octanol–water partition coefficient (Wildman–Crippen LogP) is 4.66. The van der Waals surface area contributed by atoms with Crippen LogP contribution >= 0.6 is 23.2 Å². The van der Waals surface area contributed by atoms with Crippen LogP contribution in [-0.2, 0) is 6.42 Å². The third-order valence-corrected chi connectivity index (χ3v) is 6.13. The zero-order valence-corrected chi connectivity index (χ0v) is 18.1. The van der Waals surface area contributed by atoms with Crippen LogP contribution in [-0.4, -0.2) is 33.8 Å². The van der Waals surface area contributed by atoms with Gasteiger partial charge in [0, 0.05) is 12.6 Å². The Kier molecular flexibility index (Phi) is 6.84. The molecule has 8 heteroatoms. The number of aromatic nitrogens is 2. The van der Waals surface area contributed by atoms with Crippen molar-refractivity contribution in [3.63, 3.8) is 0 Å². The summed E-state index contributed by atoms with van der Waals surface area (Å²) in [5.74, 6) is 0.985. The molecule has 0 unspecified atom stereocenters. The molecule has 154 valence electrons. The molecule has 0 amide bonds. The first-order valence-corrected chi connectivity index (χ1v) is 10.4. The number of hydrogen-bond donors (Lipinski definition) is 3. The first-order chi connectivity index (χ1) is 13.8. The topological polar surface area (TPSA) is 93.9 Å². The fourth-order valence-electron chi connectivity index (χ4n) is 3.61. The highest BCUT2D eigenvalue weighted by Crippen LogP contribution is 2.37. The molecule has 0 bridgehead atoms. The molecule has 2 aromatic rings. The van der Waals surface area contributed by atoms with Gasteiger partial charge >= 0.3 is 0 Å². The van der Waals surface area contributed by atoms with Crippen LogP contribution in [0, 0.1) is 16.7 Å².